The Hall–Kier alpha value is -1.05. The number of nitrogens with zero attached hydrogens (tertiary/aromatic N) is 1. The van der Waals surface area contributed by atoms with E-state index in [-0.39, 0.29) is 10.9 Å². The Kier molecular flexibility index (Phi) is 9.28. The molecule has 0 unspecified atom stereocenters. The van der Waals surface area contributed by atoms with Crippen LogP contribution in [0, 0.1) is 12.7 Å². The van der Waals surface area contributed by atoms with E-state index in [9.17, 15) is 5.11 Å². The summed E-state index contributed by atoms with van der Waals surface area (Å²) in [5.74, 6) is -0.320. The lowest BCUT2D eigenvalue weighted by Crippen LogP contribution is -2.47. The number of aliphatic hydroxyl groups excluding tert-OH is 1. The SMILES string of the molecule is CCN(CC)[C@@H](c1cc(Br)ccc1F)[C@H](O)[C@H](O[Si](C)(C)C(C)(C)C)c1ccc(C)cc1. The Morgan fingerprint density at radius 3 is 2.12 bits per heavy atom. The van der Waals surface area contributed by atoms with Gasteiger partial charge >= 0.3 is 0 Å². The van der Waals surface area contributed by atoms with Crippen LogP contribution < -0.4 is 0 Å². The van der Waals surface area contributed by atoms with Gasteiger partial charge in [0.05, 0.1) is 12.1 Å². The van der Waals surface area contributed by atoms with Gasteiger partial charge in [0.15, 0.2) is 8.32 Å². The van der Waals surface area contributed by atoms with Crippen molar-refractivity contribution in [3.8, 4) is 0 Å². The molecule has 6 heteroatoms. The topological polar surface area (TPSA) is 32.7 Å². The van der Waals surface area contributed by atoms with Crippen LogP contribution in [0.3, 0.4) is 0 Å². The number of rotatable bonds is 9. The van der Waals surface area contributed by atoms with Crippen molar-refractivity contribution in [3.05, 3.63) is 69.4 Å². The van der Waals surface area contributed by atoms with E-state index in [1.165, 1.54) is 6.07 Å². The molecule has 0 radical (unpaired) electrons. The van der Waals surface area contributed by atoms with Crippen molar-refractivity contribution in [1.82, 2.24) is 4.90 Å². The van der Waals surface area contributed by atoms with Crippen LogP contribution in [0.15, 0.2) is 46.9 Å². The zero-order chi connectivity index (χ0) is 24.3. The van der Waals surface area contributed by atoms with Gasteiger partial charge < -0.3 is 9.53 Å². The number of aryl methyl sites for hydroxylation is 1. The van der Waals surface area contributed by atoms with E-state index in [0.717, 1.165) is 15.6 Å². The van der Waals surface area contributed by atoms with E-state index < -0.39 is 26.6 Å². The van der Waals surface area contributed by atoms with Crippen LogP contribution in [0.25, 0.3) is 0 Å². The monoisotopic (exact) mass is 523 g/mol. The van der Waals surface area contributed by atoms with Crippen molar-refractivity contribution in [2.24, 2.45) is 0 Å². The van der Waals surface area contributed by atoms with Crippen molar-refractivity contribution in [2.45, 2.75) is 77.9 Å². The van der Waals surface area contributed by atoms with Gasteiger partial charge in [-0.05, 0) is 61.9 Å². The largest absolute Gasteiger partial charge is 0.407 e. The maximum Gasteiger partial charge on any atom is 0.193 e. The van der Waals surface area contributed by atoms with Gasteiger partial charge in [0, 0.05) is 10.0 Å². The molecule has 0 saturated carbocycles. The molecule has 2 aromatic rings. The fraction of sp³-hybridized carbons (Fsp3) is 0.538. The molecule has 0 amide bonds. The lowest BCUT2D eigenvalue weighted by molar-refractivity contribution is -0.0346. The van der Waals surface area contributed by atoms with Crippen molar-refractivity contribution in [1.29, 1.82) is 0 Å². The first-order chi connectivity index (χ1) is 14.8. The van der Waals surface area contributed by atoms with Gasteiger partial charge in [-0.25, -0.2) is 4.39 Å². The molecule has 0 aliphatic rings. The predicted molar refractivity (Wildman–Crippen MR) is 138 cm³/mol. The molecule has 1 N–H and O–H groups in total. The summed E-state index contributed by atoms with van der Waals surface area (Å²) in [6.45, 7) is 18.4. The van der Waals surface area contributed by atoms with E-state index >= 15 is 4.39 Å². The summed E-state index contributed by atoms with van der Waals surface area (Å²) in [6.07, 6.45) is -1.52. The summed E-state index contributed by atoms with van der Waals surface area (Å²) < 4.78 is 22.7. The van der Waals surface area contributed by atoms with Gasteiger partial charge in [0.25, 0.3) is 0 Å². The number of hydrogen-bond donors (Lipinski definition) is 1. The van der Waals surface area contributed by atoms with Crippen molar-refractivity contribution in [3.63, 3.8) is 0 Å². The summed E-state index contributed by atoms with van der Waals surface area (Å²) in [7, 11) is -2.24. The second-order valence-electron chi connectivity index (χ2n) is 10.0. The quantitative estimate of drug-likeness (QED) is 0.347. The molecule has 0 fully saturated rings. The molecule has 2 rings (SSSR count). The number of hydrogen-bond acceptors (Lipinski definition) is 3. The highest BCUT2D eigenvalue weighted by molar-refractivity contribution is 9.10. The molecule has 3 atom stereocenters. The van der Waals surface area contributed by atoms with Gasteiger partial charge in [-0.1, -0.05) is 80.4 Å². The maximum atomic E-state index is 15.1. The van der Waals surface area contributed by atoms with E-state index in [1.54, 1.807) is 12.1 Å². The highest BCUT2D eigenvalue weighted by atomic mass is 79.9. The molecular formula is C26H39BrFNO2Si. The van der Waals surface area contributed by atoms with E-state index in [2.05, 4.69) is 54.7 Å². The molecule has 0 saturated heterocycles. The second-order valence-corrected chi connectivity index (χ2v) is 15.7. The third kappa shape index (κ3) is 6.29. The van der Waals surface area contributed by atoms with Gasteiger partial charge in [-0.2, -0.15) is 0 Å². The molecule has 0 aliphatic heterocycles. The zero-order valence-corrected chi connectivity index (χ0v) is 23.3. The average molecular weight is 525 g/mol. The van der Waals surface area contributed by atoms with Gasteiger partial charge in [-0.3, -0.25) is 4.90 Å². The summed E-state index contributed by atoms with van der Waals surface area (Å²) in [5.41, 5.74) is 2.54. The molecule has 0 aromatic heterocycles. The summed E-state index contributed by atoms with van der Waals surface area (Å²) in [4.78, 5) is 2.10. The Morgan fingerprint density at radius 2 is 1.62 bits per heavy atom. The Morgan fingerprint density at radius 1 is 1.06 bits per heavy atom. The van der Waals surface area contributed by atoms with Crippen LogP contribution in [0.5, 0.6) is 0 Å². The maximum absolute atomic E-state index is 15.1. The first kappa shape index (κ1) is 27.2. The molecular weight excluding hydrogens is 485 g/mol. The second kappa shape index (κ2) is 10.9. The Balaban J connectivity index is 2.64. The zero-order valence-electron chi connectivity index (χ0n) is 20.7. The van der Waals surface area contributed by atoms with Crippen LogP contribution >= 0.6 is 15.9 Å². The lowest BCUT2D eigenvalue weighted by Gasteiger charge is -2.43. The standard InChI is InChI=1S/C26H39BrFNO2Si/c1-9-29(10-2)23(21-17-20(27)15-16-22(21)28)24(30)25(19-13-11-18(3)12-14-19)31-32(7,8)26(4,5)6/h11-17,23-25,30H,9-10H2,1-8H3/t23-,24-,25+/m0/s1. The van der Waals surface area contributed by atoms with Crippen LogP contribution in [-0.4, -0.2) is 37.5 Å². The molecule has 0 aliphatic carbocycles. The number of likely N-dealkylation sites (N-methyl/N-ethyl adjacent to an activating group) is 1. The fourth-order valence-corrected chi connectivity index (χ4v) is 5.35. The van der Waals surface area contributed by atoms with Crippen LogP contribution in [-0.2, 0) is 4.43 Å². The van der Waals surface area contributed by atoms with Crippen molar-refractivity contribution < 1.29 is 13.9 Å². The number of halogens is 2. The molecule has 0 spiro atoms. The summed E-state index contributed by atoms with van der Waals surface area (Å²) >= 11 is 3.48. The highest BCUT2D eigenvalue weighted by Gasteiger charge is 2.43. The summed E-state index contributed by atoms with van der Waals surface area (Å²) in [6, 6.07) is 12.5. The van der Waals surface area contributed by atoms with Gasteiger partial charge in [0.1, 0.15) is 11.9 Å². The third-order valence-corrected chi connectivity index (χ3v) is 11.7. The minimum atomic E-state index is -2.24. The normalized spacial score (nSPS) is 15.6. The first-order valence-corrected chi connectivity index (χ1v) is 15.1. The van der Waals surface area contributed by atoms with Gasteiger partial charge in [0.2, 0.25) is 0 Å². The Labute approximate surface area is 203 Å². The molecule has 32 heavy (non-hydrogen) atoms. The average Bonchev–Trinajstić information content (AvgIpc) is 2.71. The first-order valence-electron chi connectivity index (χ1n) is 11.4. The van der Waals surface area contributed by atoms with E-state index in [1.807, 2.05) is 45.0 Å². The van der Waals surface area contributed by atoms with Crippen LogP contribution in [0.2, 0.25) is 18.1 Å². The van der Waals surface area contributed by atoms with E-state index in [0.29, 0.717) is 18.7 Å². The smallest absolute Gasteiger partial charge is 0.193 e. The minimum absolute atomic E-state index is 0.0264. The molecule has 2 aromatic carbocycles. The Bertz CT molecular complexity index is 878. The minimum Gasteiger partial charge on any atom is -0.407 e. The predicted octanol–water partition coefficient (Wildman–Crippen LogP) is 7.40. The van der Waals surface area contributed by atoms with E-state index in [4.69, 9.17) is 4.43 Å². The summed E-state index contributed by atoms with van der Waals surface area (Å²) in [5, 5.41) is 11.9. The molecule has 0 bridgehead atoms. The van der Waals surface area contributed by atoms with Crippen LogP contribution in [0.4, 0.5) is 4.39 Å². The molecule has 0 heterocycles. The van der Waals surface area contributed by atoms with Crippen molar-refractivity contribution in [2.75, 3.05) is 13.1 Å². The lowest BCUT2D eigenvalue weighted by atomic mass is 9.91. The van der Waals surface area contributed by atoms with Crippen molar-refractivity contribution >= 4 is 24.2 Å². The number of aliphatic hydroxyl groups is 1. The molecule has 3 nitrogen and oxygen atoms in total. The van der Waals surface area contributed by atoms with Gasteiger partial charge in [-0.15, -0.1) is 0 Å². The third-order valence-electron chi connectivity index (χ3n) is 6.75. The molecule has 178 valence electrons. The van der Waals surface area contributed by atoms with Crippen LogP contribution in [0.1, 0.15) is 63.5 Å². The number of benzene rings is 2. The fourth-order valence-electron chi connectivity index (χ4n) is 3.71. The highest BCUT2D eigenvalue weighted by Crippen LogP contribution is 2.43.